The van der Waals surface area contributed by atoms with Gasteiger partial charge in [0.15, 0.2) is 11.0 Å². The summed E-state index contributed by atoms with van der Waals surface area (Å²) >= 11 is 19.2. The standard InChI is InChI=1S/C21H20Cl3N5O2S/c1-3-29-19(12(2)25-20(31)13-7-5-4-6-8-13)27-28-21(29)32-11-18(30)26-17-10-15(23)14(22)9-16(17)24/h4-10,12H,3,11H2,1-2H3,(H,25,31)(H,26,30)/t12-/m0/s1. The number of carbonyl (C=O) groups excluding carboxylic acids is 2. The van der Waals surface area contributed by atoms with Crippen molar-refractivity contribution in [2.24, 2.45) is 0 Å². The van der Waals surface area contributed by atoms with Crippen molar-refractivity contribution < 1.29 is 9.59 Å². The fourth-order valence-corrected chi connectivity index (χ4v) is 4.30. The number of hydrogen-bond donors (Lipinski definition) is 2. The van der Waals surface area contributed by atoms with E-state index in [1.54, 1.807) is 24.3 Å². The van der Waals surface area contributed by atoms with Crippen molar-refractivity contribution in [3.63, 3.8) is 0 Å². The Bertz CT molecular complexity index is 1120. The molecule has 32 heavy (non-hydrogen) atoms. The molecule has 0 aliphatic rings. The van der Waals surface area contributed by atoms with Crippen LogP contribution in [0.3, 0.4) is 0 Å². The van der Waals surface area contributed by atoms with E-state index in [0.717, 1.165) is 0 Å². The van der Waals surface area contributed by atoms with Gasteiger partial charge in [0.2, 0.25) is 5.91 Å². The average Bonchev–Trinajstić information content (AvgIpc) is 3.19. The number of hydrogen-bond acceptors (Lipinski definition) is 5. The van der Waals surface area contributed by atoms with Crippen LogP contribution in [0, 0.1) is 0 Å². The number of nitrogens with zero attached hydrogens (tertiary/aromatic N) is 3. The maximum absolute atomic E-state index is 12.4. The van der Waals surface area contributed by atoms with Gasteiger partial charge in [0, 0.05) is 12.1 Å². The van der Waals surface area contributed by atoms with E-state index in [-0.39, 0.29) is 23.6 Å². The smallest absolute Gasteiger partial charge is 0.251 e. The molecule has 2 aromatic carbocycles. The van der Waals surface area contributed by atoms with E-state index in [4.69, 9.17) is 34.8 Å². The molecule has 0 radical (unpaired) electrons. The number of halogens is 3. The van der Waals surface area contributed by atoms with E-state index in [1.165, 1.54) is 23.9 Å². The first-order chi connectivity index (χ1) is 15.3. The quantitative estimate of drug-likeness (QED) is 0.308. The summed E-state index contributed by atoms with van der Waals surface area (Å²) in [4.78, 5) is 24.8. The highest BCUT2D eigenvalue weighted by Gasteiger charge is 2.20. The highest BCUT2D eigenvalue weighted by atomic mass is 35.5. The van der Waals surface area contributed by atoms with Gasteiger partial charge in [-0.3, -0.25) is 9.59 Å². The van der Waals surface area contributed by atoms with Crippen LogP contribution in [0.15, 0.2) is 47.6 Å². The Morgan fingerprint density at radius 2 is 1.75 bits per heavy atom. The Kier molecular flexibility index (Phi) is 8.42. The van der Waals surface area contributed by atoms with E-state index in [1.807, 2.05) is 24.5 Å². The molecule has 3 rings (SSSR count). The summed E-state index contributed by atoms with van der Waals surface area (Å²) in [6, 6.07) is 11.5. The van der Waals surface area contributed by atoms with Crippen LogP contribution in [0.5, 0.6) is 0 Å². The van der Waals surface area contributed by atoms with Crippen LogP contribution in [0.2, 0.25) is 15.1 Å². The molecule has 1 atom stereocenters. The summed E-state index contributed by atoms with van der Waals surface area (Å²) in [6.07, 6.45) is 0. The van der Waals surface area contributed by atoms with Crippen LogP contribution in [0.4, 0.5) is 5.69 Å². The largest absolute Gasteiger partial charge is 0.342 e. The maximum atomic E-state index is 12.4. The summed E-state index contributed by atoms with van der Waals surface area (Å²) in [7, 11) is 0. The van der Waals surface area contributed by atoms with Crippen molar-refractivity contribution in [2.45, 2.75) is 31.6 Å². The van der Waals surface area contributed by atoms with Crippen LogP contribution in [-0.2, 0) is 11.3 Å². The first kappa shape index (κ1) is 24.4. The second-order valence-corrected chi connectivity index (χ2v) is 8.89. The van der Waals surface area contributed by atoms with Crippen LogP contribution >= 0.6 is 46.6 Å². The number of carbonyl (C=O) groups is 2. The molecular weight excluding hydrogens is 493 g/mol. The predicted molar refractivity (Wildman–Crippen MR) is 129 cm³/mol. The van der Waals surface area contributed by atoms with Crippen LogP contribution < -0.4 is 10.6 Å². The van der Waals surface area contributed by atoms with Gasteiger partial charge < -0.3 is 15.2 Å². The van der Waals surface area contributed by atoms with E-state index in [2.05, 4.69) is 20.8 Å². The molecule has 2 amide bonds. The summed E-state index contributed by atoms with van der Waals surface area (Å²) < 4.78 is 1.86. The van der Waals surface area contributed by atoms with Gasteiger partial charge in [0.1, 0.15) is 0 Å². The lowest BCUT2D eigenvalue weighted by molar-refractivity contribution is -0.113. The van der Waals surface area contributed by atoms with Crippen molar-refractivity contribution in [3.05, 3.63) is 68.9 Å². The van der Waals surface area contributed by atoms with Crippen LogP contribution in [-0.4, -0.2) is 32.3 Å². The third kappa shape index (κ3) is 5.95. The molecular formula is C21H20Cl3N5O2S. The van der Waals surface area contributed by atoms with Gasteiger partial charge >= 0.3 is 0 Å². The predicted octanol–water partition coefficient (Wildman–Crippen LogP) is 5.48. The first-order valence-corrected chi connectivity index (χ1v) is 11.8. The molecule has 0 aliphatic carbocycles. The van der Waals surface area contributed by atoms with Crippen molar-refractivity contribution in [1.29, 1.82) is 0 Å². The minimum absolute atomic E-state index is 0.0828. The third-order valence-electron chi connectivity index (χ3n) is 4.45. The Balaban J connectivity index is 1.64. The van der Waals surface area contributed by atoms with E-state index in [0.29, 0.717) is 43.8 Å². The topological polar surface area (TPSA) is 88.9 Å². The highest BCUT2D eigenvalue weighted by Crippen LogP contribution is 2.32. The molecule has 2 N–H and O–H groups in total. The van der Waals surface area contributed by atoms with Crippen molar-refractivity contribution in [3.8, 4) is 0 Å². The summed E-state index contributed by atoms with van der Waals surface area (Å²) in [5.74, 6) is 0.204. The monoisotopic (exact) mass is 511 g/mol. The SMILES string of the molecule is CCn1c(SCC(=O)Nc2cc(Cl)c(Cl)cc2Cl)nnc1[C@H](C)NC(=O)c1ccccc1. The minimum Gasteiger partial charge on any atom is -0.342 e. The van der Waals surface area contributed by atoms with Gasteiger partial charge in [-0.2, -0.15) is 0 Å². The summed E-state index contributed by atoms with van der Waals surface area (Å²) in [6.45, 7) is 4.36. The molecule has 0 saturated carbocycles. The number of anilines is 1. The molecule has 0 spiro atoms. The van der Waals surface area contributed by atoms with Gasteiger partial charge in [-0.25, -0.2) is 0 Å². The highest BCUT2D eigenvalue weighted by molar-refractivity contribution is 7.99. The van der Waals surface area contributed by atoms with Gasteiger partial charge in [-0.05, 0) is 38.1 Å². The number of nitrogens with one attached hydrogen (secondary N) is 2. The summed E-state index contributed by atoms with van der Waals surface area (Å²) in [5, 5.41) is 15.5. The molecule has 0 unspecified atom stereocenters. The average molecular weight is 513 g/mol. The molecule has 0 aliphatic heterocycles. The van der Waals surface area contributed by atoms with Gasteiger partial charge in [-0.15, -0.1) is 10.2 Å². The fourth-order valence-electron chi connectivity index (χ4n) is 2.89. The van der Waals surface area contributed by atoms with E-state index < -0.39 is 0 Å². The third-order valence-corrected chi connectivity index (χ3v) is 6.45. The molecule has 0 bridgehead atoms. The first-order valence-electron chi connectivity index (χ1n) is 9.66. The number of aromatic nitrogens is 3. The zero-order valence-electron chi connectivity index (χ0n) is 17.2. The number of thioether (sulfide) groups is 1. The molecule has 168 valence electrons. The zero-order chi connectivity index (χ0) is 23.3. The Labute approximate surface area is 204 Å². The molecule has 1 aromatic heterocycles. The van der Waals surface area contributed by atoms with E-state index >= 15 is 0 Å². The van der Waals surface area contributed by atoms with Crippen molar-refractivity contribution in [1.82, 2.24) is 20.1 Å². The lowest BCUT2D eigenvalue weighted by Crippen LogP contribution is -2.28. The number of benzene rings is 2. The van der Waals surface area contributed by atoms with Crippen molar-refractivity contribution >= 4 is 64.1 Å². The van der Waals surface area contributed by atoms with Gasteiger partial charge in [0.05, 0.1) is 32.5 Å². The molecule has 11 heteroatoms. The Morgan fingerprint density at radius 1 is 1.06 bits per heavy atom. The normalized spacial score (nSPS) is 11.8. The van der Waals surface area contributed by atoms with Gasteiger partial charge in [0.25, 0.3) is 5.91 Å². The fraction of sp³-hybridized carbons (Fsp3) is 0.238. The minimum atomic E-state index is -0.367. The molecule has 0 saturated heterocycles. The lowest BCUT2D eigenvalue weighted by atomic mass is 10.2. The Morgan fingerprint density at radius 3 is 2.44 bits per heavy atom. The second kappa shape index (κ2) is 11.0. The zero-order valence-corrected chi connectivity index (χ0v) is 20.3. The number of rotatable bonds is 8. The van der Waals surface area contributed by atoms with E-state index in [9.17, 15) is 9.59 Å². The second-order valence-electron chi connectivity index (χ2n) is 6.73. The van der Waals surface area contributed by atoms with Crippen LogP contribution in [0.25, 0.3) is 0 Å². The maximum Gasteiger partial charge on any atom is 0.251 e. The molecule has 3 aromatic rings. The van der Waals surface area contributed by atoms with Gasteiger partial charge in [-0.1, -0.05) is 64.8 Å². The Hall–Kier alpha value is -2.26. The van der Waals surface area contributed by atoms with Crippen LogP contribution in [0.1, 0.15) is 36.1 Å². The summed E-state index contributed by atoms with van der Waals surface area (Å²) in [5.41, 5.74) is 0.940. The number of amides is 2. The molecule has 1 heterocycles. The molecule has 0 fully saturated rings. The lowest BCUT2D eigenvalue weighted by Gasteiger charge is -2.15. The molecule has 7 nitrogen and oxygen atoms in total. The van der Waals surface area contributed by atoms with Crippen molar-refractivity contribution in [2.75, 3.05) is 11.1 Å².